The van der Waals surface area contributed by atoms with Gasteiger partial charge in [0.25, 0.3) is 0 Å². The van der Waals surface area contributed by atoms with Gasteiger partial charge in [-0.2, -0.15) is 0 Å². The lowest BCUT2D eigenvalue weighted by molar-refractivity contribution is 0.499. The van der Waals surface area contributed by atoms with Gasteiger partial charge in [0.2, 0.25) is 0 Å². The summed E-state index contributed by atoms with van der Waals surface area (Å²) in [6, 6.07) is 7.70. The third-order valence-electron chi connectivity index (χ3n) is 3.16. The second-order valence-electron chi connectivity index (χ2n) is 4.42. The van der Waals surface area contributed by atoms with Gasteiger partial charge in [0.15, 0.2) is 11.6 Å². The van der Waals surface area contributed by atoms with Crippen molar-refractivity contribution in [3.8, 4) is 0 Å². The van der Waals surface area contributed by atoms with Crippen LogP contribution in [0.3, 0.4) is 0 Å². The van der Waals surface area contributed by atoms with Crippen LogP contribution in [0.25, 0.3) is 0 Å². The standard InChI is InChI=1S/C15H13ClF3N/c1-20-15(9-5-6-13(18)14(19)7-9)8-10-11(16)3-2-4-12(10)17/h2-7,15,20H,8H2,1H3. The van der Waals surface area contributed by atoms with E-state index in [1.165, 1.54) is 18.2 Å². The van der Waals surface area contributed by atoms with Gasteiger partial charge in [-0.15, -0.1) is 0 Å². The first-order valence-corrected chi connectivity index (χ1v) is 6.46. The normalized spacial score (nSPS) is 12.4. The quantitative estimate of drug-likeness (QED) is 0.889. The Morgan fingerprint density at radius 3 is 2.40 bits per heavy atom. The average Bonchev–Trinajstić information content (AvgIpc) is 2.42. The summed E-state index contributed by atoms with van der Waals surface area (Å²) in [5, 5.41) is 3.27. The SMILES string of the molecule is CNC(Cc1c(F)cccc1Cl)c1ccc(F)c(F)c1. The lowest BCUT2D eigenvalue weighted by atomic mass is 9.98. The van der Waals surface area contributed by atoms with Gasteiger partial charge in [0.1, 0.15) is 5.82 Å². The van der Waals surface area contributed by atoms with Gasteiger partial charge in [-0.1, -0.05) is 23.7 Å². The van der Waals surface area contributed by atoms with E-state index in [0.29, 0.717) is 16.1 Å². The minimum Gasteiger partial charge on any atom is -0.313 e. The van der Waals surface area contributed by atoms with Crippen molar-refractivity contribution in [2.75, 3.05) is 7.05 Å². The van der Waals surface area contributed by atoms with Crippen molar-refractivity contribution in [1.82, 2.24) is 5.32 Å². The molecule has 0 aliphatic carbocycles. The van der Waals surface area contributed by atoms with Crippen LogP contribution in [-0.2, 0) is 6.42 Å². The number of benzene rings is 2. The highest BCUT2D eigenvalue weighted by Gasteiger charge is 2.16. The predicted molar refractivity (Wildman–Crippen MR) is 73.3 cm³/mol. The molecule has 20 heavy (non-hydrogen) atoms. The van der Waals surface area contributed by atoms with E-state index in [9.17, 15) is 13.2 Å². The van der Waals surface area contributed by atoms with Crippen LogP contribution in [0.15, 0.2) is 36.4 Å². The second-order valence-corrected chi connectivity index (χ2v) is 4.83. The Balaban J connectivity index is 2.31. The van der Waals surface area contributed by atoms with Crippen LogP contribution in [0, 0.1) is 17.5 Å². The summed E-state index contributed by atoms with van der Waals surface area (Å²) in [7, 11) is 1.67. The summed E-state index contributed by atoms with van der Waals surface area (Å²) in [6.07, 6.45) is 0.243. The molecular formula is C15H13ClF3N. The van der Waals surface area contributed by atoms with Crippen LogP contribution in [0.1, 0.15) is 17.2 Å². The Labute approximate surface area is 120 Å². The molecule has 1 nitrogen and oxygen atoms in total. The molecule has 0 fully saturated rings. The number of halogens is 4. The lowest BCUT2D eigenvalue weighted by Gasteiger charge is -2.18. The Kier molecular flexibility index (Phi) is 4.68. The fourth-order valence-electron chi connectivity index (χ4n) is 2.05. The molecule has 0 radical (unpaired) electrons. The lowest BCUT2D eigenvalue weighted by Crippen LogP contribution is -2.20. The second kappa shape index (κ2) is 6.29. The van der Waals surface area contributed by atoms with E-state index in [2.05, 4.69) is 5.32 Å². The fraction of sp³-hybridized carbons (Fsp3) is 0.200. The van der Waals surface area contributed by atoms with Crippen molar-refractivity contribution >= 4 is 11.6 Å². The number of hydrogen-bond donors (Lipinski definition) is 1. The van der Waals surface area contributed by atoms with E-state index in [-0.39, 0.29) is 12.5 Å². The highest BCUT2D eigenvalue weighted by atomic mass is 35.5. The van der Waals surface area contributed by atoms with Crippen molar-refractivity contribution in [2.45, 2.75) is 12.5 Å². The zero-order valence-electron chi connectivity index (χ0n) is 10.8. The summed E-state index contributed by atoms with van der Waals surface area (Å²) in [4.78, 5) is 0. The minimum absolute atomic E-state index is 0.243. The molecule has 0 bridgehead atoms. The first-order valence-electron chi connectivity index (χ1n) is 6.08. The van der Waals surface area contributed by atoms with Crippen LogP contribution in [0.2, 0.25) is 5.02 Å². The molecular weight excluding hydrogens is 287 g/mol. The van der Waals surface area contributed by atoms with Crippen LogP contribution in [0.4, 0.5) is 13.2 Å². The monoisotopic (exact) mass is 299 g/mol. The molecule has 0 heterocycles. The summed E-state index contributed by atoms with van der Waals surface area (Å²) in [5.74, 6) is -2.25. The summed E-state index contributed by atoms with van der Waals surface area (Å²) in [6.45, 7) is 0. The molecule has 2 rings (SSSR count). The molecule has 2 aromatic carbocycles. The Bertz CT molecular complexity index is 596. The van der Waals surface area contributed by atoms with E-state index in [1.54, 1.807) is 13.1 Å². The molecule has 0 aromatic heterocycles. The number of likely N-dealkylation sites (N-methyl/N-ethyl adjacent to an activating group) is 1. The minimum atomic E-state index is -0.928. The largest absolute Gasteiger partial charge is 0.313 e. The molecule has 1 N–H and O–H groups in total. The van der Waals surface area contributed by atoms with Gasteiger partial charge in [-0.3, -0.25) is 0 Å². The number of rotatable bonds is 4. The van der Waals surface area contributed by atoms with Gasteiger partial charge >= 0.3 is 0 Å². The molecule has 0 aliphatic rings. The highest BCUT2D eigenvalue weighted by Crippen LogP contribution is 2.26. The zero-order valence-corrected chi connectivity index (χ0v) is 11.5. The molecule has 1 atom stereocenters. The topological polar surface area (TPSA) is 12.0 Å². The third-order valence-corrected chi connectivity index (χ3v) is 3.52. The molecule has 0 saturated carbocycles. The fourth-order valence-corrected chi connectivity index (χ4v) is 2.29. The predicted octanol–water partition coefficient (Wildman–Crippen LogP) is 4.26. The number of nitrogens with one attached hydrogen (secondary N) is 1. The van der Waals surface area contributed by atoms with Gasteiger partial charge in [-0.25, -0.2) is 13.2 Å². The van der Waals surface area contributed by atoms with Crippen LogP contribution >= 0.6 is 11.6 Å². The summed E-state index contributed by atoms with van der Waals surface area (Å²) < 4.78 is 40.0. The van der Waals surface area contributed by atoms with Crippen molar-refractivity contribution < 1.29 is 13.2 Å². The smallest absolute Gasteiger partial charge is 0.159 e. The molecule has 0 spiro atoms. The maximum Gasteiger partial charge on any atom is 0.159 e. The third kappa shape index (κ3) is 3.14. The van der Waals surface area contributed by atoms with Crippen LogP contribution in [0.5, 0.6) is 0 Å². The number of hydrogen-bond acceptors (Lipinski definition) is 1. The summed E-state index contributed by atoms with van der Waals surface area (Å²) in [5.41, 5.74) is 0.879. The van der Waals surface area contributed by atoms with E-state index in [1.807, 2.05) is 0 Å². The molecule has 1 unspecified atom stereocenters. The van der Waals surface area contributed by atoms with Crippen molar-refractivity contribution in [1.29, 1.82) is 0 Å². The first-order chi connectivity index (χ1) is 9.52. The molecule has 0 saturated heterocycles. The van der Waals surface area contributed by atoms with E-state index < -0.39 is 17.5 Å². The highest BCUT2D eigenvalue weighted by molar-refractivity contribution is 6.31. The maximum atomic E-state index is 13.8. The van der Waals surface area contributed by atoms with Crippen LogP contribution in [-0.4, -0.2) is 7.05 Å². The van der Waals surface area contributed by atoms with Gasteiger partial charge in [0.05, 0.1) is 0 Å². The Morgan fingerprint density at radius 1 is 1.05 bits per heavy atom. The molecule has 106 valence electrons. The van der Waals surface area contributed by atoms with Gasteiger partial charge in [-0.05, 0) is 43.3 Å². The van der Waals surface area contributed by atoms with Crippen molar-refractivity contribution in [3.63, 3.8) is 0 Å². The summed E-state index contributed by atoms with van der Waals surface area (Å²) >= 11 is 5.97. The van der Waals surface area contributed by atoms with Crippen molar-refractivity contribution in [2.24, 2.45) is 0 Å². The molecule has 2 aromatic rings. The van der Waals surface area contributed by atoms with E-state index in [0.717, 1.165) is 12.1 Å². The molecule has 5 heteroatoms. The molecule has 0 amide bonds. The zero-order chi connectivity index (χ0) is 14.7. The Hall–Kier alpha value is -1.52. The maximum absolute atomic E-state index is 13.8. The van der Waals surface area contributed by atoms with Gasteiger partial charge in [0, 0.05) is 16.6 Å². The Morgan fingerprint density at radius 2 is 1.80 bits per heavy atom. The van der Waals surface area contributed by atoms with E-state index >= 15 is 0 Å². The van der Waals surface area contributed by atoms with Gasteiger partial charge < -0.3 is 5.32 Å². The average molecular weight is 300 g/mol. The first kappa shape index (κ1) is 14.9. The molecule has 0 aliphatic heterocycles. The van der Waals surface area contributed by atoms with Crippen LogP contribution < -0.4 is 5.32 Å². The van der Waals surface area contributed by atoms with Crippen molar-refractivity contribution in [3.05, 3.63) is 70.0 Å². The van der Waals surface area contributed by atoms with E-state index in [4.69, 9.17) is 11.6 Å².